The van der Waals surface area contributed by atoms with Crippen LogP contribution in [0.15, 0.2) is 0 Å². The number of carboxylic acid groups (broad SMARTS) is 1. The number of amides is 3. The van der Waals surface area contributed by atoms with Crippen LogP contribution in [0.3, 0.4) is 0 Å². The SMILES string of the molecule is CCCCC(NC(=O)[C@H](CCCCN)NC(=O)C1CCC1)P(=O)(O)O[C@@H](C)C(=O)N1CCC[C@H]1C(=O)O. The minimum absolute atomic E-state index is 0.125. The van der Waals surface area contributed by atoms with Crippen LogP contribution in [0, 0.1) is 5.92 Å². The maximum Gasteiger partial charge on any atom is 0.350 e. The zero-order valence-electron chi connectivity index (χ0n) is 21.9. The maximum atomic E-state index is 13.3. The highest BCUT2D eigenvalue weighted by Crippen LogP contribution is 2.49. The van der Waals surface area contributed by atoms with E-state index < -0.39 is 49.4 Å². The van der Waals surface area contributed by atoms with Gasteiger partial charge in [-0.1, -0.05) is 26.2 Å². The number of rotatable bonds is 16. The lowest BCUT2D eigenvalue weighted by molar-refractivity contribution is -0.151. The van der Waals surface area contributed by atoms with Gasteiger partial charge in [0.2, 0.25) is 11.8 Å². The van der Waals surface area contributed by atoms with Crippen LogP contribution in [0.25, 0.3) is 0 Å². The van der Waals surface area contributed by atoms with Gasteiger partial charge in [-0.25, -0.2) is 4.79 Å². The summed E-state index contributed by atoms with van der Waals surface area (Å²) in [7, 11) is -4.56. The van der Waals surface area contributed by atoms with Crippen molar-refractivity contribution in [3.05, 3.63) is 0 Å². The molecule has 1 aliphatic carbocycles. The molecule has 0 radical (unpaired) electrons. The maximum absolute atomic E-state index is 13.3. The van der Waals surface area contributed by atoms with E-state index in [4.69, 9.17) is 10.3 Å². The van der Waals surface area contributed by atoms with E-state index in [2.05, 4.69) is 10.6 Å². The molecule has 2 aliphatic rings. The topological polar surface area (TPSA) is 188 Å². The summed E-state index contributed by atoms with van der Waals surface area (Å²) in [5.41, 5.74) is 5.57. The lowest BCUT2D eigenvalue weighted by Crippen LogP contribution is -2.51. The Hall–Kier alpha value is -2.01. The number of unbranched alkanes of at least 4 members (excludes halogenated alkanes) is 2. The molecule has 0 bridgehead atoms. The summed E-state index contributed by atoms with van der Waals surface area (Å²) in [6.45, 7) is 3.85. The minimum Gasteiger partial charge on any atom is -0.480 e. The van der Waals surface area contributed by atoms with Crippen LogP contribution in [0.1, 0.15) is 84.5 Å². The van der Waals surface area contributed by atoms with Crippen molar-refractivity contribution in [3.8, 4) is 0 Å². The smallest absolute Gasteiger partial charge is 0.350 e. The van der Waals surface area contributed by atoms with Gasteiger partial charge in [-0.15, -0.1) is 0 Å². The monoisotopic (exact) mass is 546 g/mol. The second-order valence-electron chi connectivity index (χ2n) is 9.98. The van der Waals surface area contributed by atoms with E-state index in [1.165, 1.54) is 6.92 Å². The molecule has 3 amide bonds. The largest absolute Gasteiger partial charge is 0.480 e. The zero-order chi connectivity index (χ0) is 27.6. The van der Waals surface area contributed by atoms with E-state index in [1.807, 2.05) is 6.92 Å². The molecule has 5 atom stereocenters. The van der Waals surface area contributed by atoms with Crippen LogP contribution in [0.5, 0.6) is 0 Å². The van der Waals surface area contributed by atoms with Crippen molar-refractivity contribution in [1.29, 1.82) is 0 Å². The van der Waals surface area contributed by atoms with E-state index in [-0.39, 0.29) is 24.8 Å². The van der Waals surface area contributed by atoms with Gasteiger partial charge >= 0.3 is 13.6 Å². The molecule has 37 heavy (non-hydrogen) atoms. The van der Waals surface area contributed by atoms with Gasteiger partial charge in [-0.05, 0) is 64.8 Å². The Balaban J connectivity index is 2.11. The van der Waals surface area contributed by atoms with Crippen LogP contribution in [0.4, 0.5) is 0 Å². The molecule has 1 heterocycles. The van der Waals surface area contributed by atoms with Gasteiger partial charge < -0.3 is 31.3 Å². The fraction of sp³-hybridized carbons (Fsp3) is 0.833. The Labute approximate surface area is 218 Å². The van der Waals surface area contributed by atoms with Gasteiger partial charge in [-0.3, -0.25) is 23.5 Å². The molecule has 2 fully saturated rings. The van der Waals surface area contributed by atoms with Crippen molar-refractivity contribution in [2.45, 2.75) is 108 Å². The van der Waals surface area contributed by atoms with Crippen LogP contribution in [0.2, 0.25) is 0 Å². The number of nitrogens with zero attached hydrogens (tertiary/aromatic N) is 1. The predicted octanol–water partition coefficient (Wildman–Crippen LogP) is 1.70. The van der Waals surface area contributed by atoms with Crippen LogP contribution in [-0.4, -0.2) is 75.7 Å². The molecule has 212 valence electrons. The lowest BCUT2D eigenvalue weighted by atomic mass is 9.84. The highest BCUT2D eigenvalue weighted by molar-refractivity contribution is 7.53. The number of carbonyl (C=O) groups excluding carboxylic acids is 3. The van der Waals surface area contributed by atoms with Crippen LogP contribution in [-0.2, 0) is 28.3 Å². The van der Waals surface area contributed by atoms with E-state index in [0.717, 1.165) is 24.2 Å². The third-order valence-corrected chi connectivity index (χ3v) is 8.86. The normalized spacial score (nSPS) is 21.8. The summed E-state index contributed by atoms with van der Waals surface area (Å²) >= 11 is 0. The zero-order valence-corrected chi connectivity index (χ0v) is 22.8. The molecule has 1 saturated heterocycles. The highest BCUT2D eigenvalue weighted by Gasteiger charge is 2.42. The van der Waals surface area contributed by atoms with E-state index >= 15 is 0 Å². The number of carbonyl (C=O) groups is 4. The lowest BCUT2D eigenvalue weighted by Gasteiger charge is -2.31. The molecule has 12 nitrogen and oxygen atoms in total. The second-order valence-corrected chi connectivity index (χ2v) is 11.9. The number of likely N-dealkylation sites (tertiary alicyclic amines) is 1. The molecule has 0 aromatic carbocycles. The van der Waals surface area contributed by atoms with Gasteiger partial charge in [0.1, 0.15) is 24.0 Å². The molecule has 2 rings (SSSR count). The number of nitrogens with one attached hydrogen (secondary N) is 2. The van der Waals surface area contributed by atoms with Crippen LogP contribution >= 0.6 is 7.60 Å². The Morgan fingerprint density at radius 3 is 2.35 bits per heavy atom. The van der Waals surface area contributed by atoms with Gasteiger partial charge in [0.05, 0.1) is 0 Å². The Bertz CT molecular complexity index is 853. The molecular formula is C24H43N4O8P. The van der Waals surface area contributed by atoms with Crippen LogP contribution < -0.4 is 16.4 Å². The molecule has 13 heteroatoms. The highest BCUT2D eigenvalue weighted by atomic mass is 31.2. The summed E-state index contributed by atoms with van der Waals surface area (Å²) in [5.74, 6) is -4.03. The first kappa shape index (κ1) is 31.2. The van der Waals surface area contributed by atoms with Crippen molar-refractivity contribution in [1.82, 2.24) is 15.5 Å². The third kappa shape index (κ3) is 9.05. The Morgan fingerprint density at radius 1 is 1.08 bits per heavy atom. The fourth-order valence-corrected chi connectivity index (χ4v) is 6.06. The fourth-order valence-electron chi connectivity index (χ4n) is 4.57. The molecule has 0 aromatic rings. The van der Waals surface area contributed by atoms with E-state index in [9.17, 15) is 33.7 Å². The minimum atomic E-state index is -4.56. The van der Waals surface area contributed by atoms with Gasteiger partial charge in [0, 0.05) is 12.5 Å². The van der Waals surface area contributed by atoms with E-state index in [1.54, 1.807) is 0 Å². The molecule has 0 spiro atoms. The summed E-state index contributed by atoms with van der Waals surface area (Å²) < 4.78 is 18.6. The summed E-state index contributed by atoms with van der Waals surface area (Å²) in [6.07, 6.45) is 4.87. The number of nitrogens with two attached hydrogens (primary N) is 1. The first-order chi connectivity index (χ1) is 17.5. The first-order valence-electron chi connectivity index (χ1n) is 13.4. The van der Waals surface area contributed by atoms with Crippen molar-refractivity contribution in [3.63, 3.8) is 0 Å². The molecule has 6 N–H and O–H groups in total. The standard InChI is InChI=1S/C24H43N4O8P/c1-3-4-13-20(27-22(30)18(11-5-6-14-25)26-21(29)17-9-7-10-17)37(34,35)36-16(2)23(31)28-15-8-12-19(28)24(32)33/h16-20H,3-15,25H2,1-2H3,(H,26,29)(H,27,30)(H,32,33)(H,34,35)/t16-,18-,19-,20?/m0/s1. The average molecular weight is 547 g/mol. The second kappa shape index (κ2) is 14.8. The van der Waals surface area contributed by atoms with Gasteiger partial charge in [0.25, 0.3) is 5.91 Å². The number of aliphatic carboxylic acids is 1. The molecule has 0 aromatic heterocycles. The molecule has 1 aliphatic heterocycles. The van der Waals surface area contributed by atoms with Crippen molar-refractivity contribution >= 4 is 31.3 Å². The quantitative estimate of drug-likeness (QED) is 0.142. The third-order valence-electron chi connectivity index (χ3n) is 7.07. The molecular weight excluding hydrogens is 503 g/mol. The Kier molecular flexibility index (Phi) is 12.5. The summed E-state index contributed by atoms with van der Waals surface area (Å²) in [6, 6.07) is -1.88. The number of hydrogen-bond donors (Lipinski definition) is 5. The Morgan fingerprint density at radius 2 is 1.78 bits per heavy atom. The average Bonchev–Trinajstić information content (AvgIpc) is 3.29. The summed E-state index contributed by atoms with van der Waals surface area (Å²) in [4.78, 5) is 62.0. The summed E-state index contributed by atoms with van der Waals surface area (Å²) in [5, 5.41) is 14.7. The molecule has 1 saturated carbocycles. The van der Waals surface area contributed by atoms with Crippen molar-refractivity contribution < 1.29 is 38.3 Å². The van der Waals surface area contributed by atoms with Crippen molar-refractivity contribution in [2.24, 2.45) is 11.7 Å². The van der Waals surface area contributed by atoms with Gasteiger partial charge in [-0.2, -0.15) is 0 Å². The van der Waals surface area contributed by atoms with Gasteiger partial charge in [0.15, 0.2) is 0 Å². The first-order valence-corrected chi connectivity index (χ1v) is 15.0. The number of carboxylic acids is 1. The predicted molar refractivity (Wildman–Crippen MR) is 136 cm³/mol. The molecule has 2 unspecified atom stereocenters. The van der Waals surface area contributed by atoms with Crippen molar-refractivity contribution in [2.75, 3.05) is 13.1 Å². The van der Waals surface area contributed by atoms with E-state index in [0.29, 0.717) is 51.5 Å². The number of hydrogen-bond acceptors (Lipinski definition) is 7.